The molecule has 0 rings (SSSR count). The third-order valence-electron chi connectivity index (χ3n) is 2.61. The average molecular weight is 258 g/mol. The van der Waals surface area contributed by atoms with E-state index < -0.39 is 17.9 Å². The van der Waals surface area contributed by atoms with Crippen molar-refractivity contribution < 1.29 is 19.5 Å². The number of carbonyl (C=O) groups is 3. The Morgan fingerprint density at radius 1 is 1.17 bits per heavy atom. The van der Waals surface area contributed by atoms with E-state index >= 15 is 0 Å². The predicted molar refractivity (Wildman–Crippen MR) is 67.1 cm³/mol. The first-order valence-electron chi connectivity index (χ1n) is 6.02. The summed E-state index contributed by atoms with van der Waals surface area (Å²) >= 11 is 0. The summed E-state index contributed by atoms with van der Waals surface area (Å²) in [7, 11) is 1.62. The van der Waals surface area contributed by atoms with Gasteiger partial charge in [0.2, 0.25) is 5.91 Å². The van der Waals surface area contributed by atoms with Crippen molar-refractivity contribution in [2.45, 2.75) is 46.1 Å². The van der Waals surface area contributed by atoms with E-state index in [0.29, 0.717) is 5.92 Å². The Balaban J connectivity index is 4.14. The molecule has 0 fully saturated rings. The molecule has 0 aliphatic carbocycles. The summed E-state index contributed by atoms with van der Waals surface area (Å²) in [5, 5.41) is 10.6. The topological polar surface area (TPSA) is 86.7 Å². The highest BCUT2D eigenvalue weighted by atomic mass is 16.4. The van der Waals surface area contributed by atoms with Gasteiger partial charge in [0.25, 0.3) is 0 Å². The number of nitrogens with one attached hydrogen (secondary N) is 1. The lowest BCUT2D eigenvalue weighted by Gasteiger charge is -2.26. The molecule has 1 unspecified atom stereocenters. The molecule has 3 amide bonds. The standard InChI is InChI=1S/C12H22N2O4/c1-8(2)7-9(3)14(4)12(18)13-10(15)5-6-11(16)17/h8-9H,5-7H2,1-4H3,(H,16,17)(H,13,15,18). The van der Waals surface area contributed by atoms with Crippen LogP contribution in [0.5, 0.6) is 0 Å². The average Bonchev–Trinajstić information content (AvgIpc) is 2.24. The minimum Gasteiger partial charge on any atom is -0.481 e. The van der Waals surface area contributed by atoms with Gasteiger partial charge in [-0.15, -0.1) is 0 Å². The van der Waals surface area contributed by atoms with Crippen molar-refractivity contribution in [1.29, 1.82) is 0 Å². The summed E-state index contributed by atoms with van der Waals surface area (Å²) < 4.78 is 0. The molecule has 0 aromatic heterocycles. The van der Waals surface area contributed by atoms with Gasteiger partial charge in [-0.2, -0.15) is 0 Å². The molecule has 0 radical (unpaired) electrons. The van der Waals surface area contributed by atoms with Crippen LogP contribution < -0.4 is 5.32 Å². The molecule has 18 heavy (non-hydrogen) atoms. The van der Waals surface area contributed by atoms with Crippen molar-refractivity contribution in [3.05, 3.63) is 0 Å². The molecule has 0 heterocycles. The Morgan fingerprint density at radius 3 is 2.17 bits per heavy atom. The van der Waals surface area contributed by atoms with Crippen LogP contribution in [-0.4, -0.2) is 41.0 Å². The smallest absolute Gasteiger partial charge is 0.324 e. The maximum absolute atomic E-state index is 11.7. The van der Waals surface area contributed by atoms with Crippen molar-refractivity contribution in [2.75, 3.05) is 7.05 Å². The highest BCUT2D eigenvalue weighted by Crippen LogP contribution is 2.09. The number of rotatable bonds is 6. The Bertz CT molecular complexity index is 315. The number of nitrogens with zero attached hydrogens (tertiary/aromatic N) is 1. The molecule has 2 N–H and O–H groups in total. The molecule has 6 heteroatoms. The minimum absolute atomic E-state index is 0.0253. The first-order chi connectivity index (χ1) is 8.23. The number of carboxylic acids is 1. The van der Waals surface area contributed by atoms with E-state index in [1.807, 2.05) is 6.92 Å². The Morgan fingerprint density at radius 2 is 1.72 bits per heavy atom. The lowest BCUT2D eigenvalue weighted by Crippen LogP contribution is -2.45. The van der Waals surface area contributed by atoms with E-state index in [0.717, 1.165) is 6.42 Å². The van der Waals surface area contributed by atoms with Crippen LogP contribution in [-0.2, 0) is 9.59 Å². The SMILES string of the molecule is CC(C)CC(C)N(C)C(=O)NC(=O)CCC(=O)O. The number of hydrogen-bond acceptors (Lipinski definition) is 3. The molecule has 104 valence electrons. The molecule has 0 bridgehead atoms. The fourth-order valence-electron chi connectivity index (χ4n) is 1.53. The van der Waals surface area contributed by atoms with E-state index in [9.17, 15) is 14.4 Å². The fourth-order valence-corrected chi connectivity index (χ4v) is 1.53. The number of carbonyl (C=O) groups excluding carboxylic acids is 2. The van der Waals surface area contributed by atoms with Crippen LogP contribution in [0, 0.1) is 5.92 Å². The van der Waals surface area contributed by atoms with Crippen LogP contribution in [0.25, 0.3) is 0 Å². The maximum atomic E-state index is 11.7. The number of aliphatic carboxylic acids is 1. The molecule has 0 saturated heterocycles. The van der Waals surface area contributed by atoms with Gasteiger partial charge in [0, 0.05) is 19.5 Å². The van der Waals surface area contributed by atoms with Crippen LogP contribution in [0.1, 0.15) is 40.0 Å². The van der Waals surface area contributed by atoms with Crippen LogP contribution in [0.15, 0.2) is 0 Å². The monoisotopic (exact) mass is 258 g/mol. The molecular formula is C12H22N2O4. The van der Waals surface area contributed by atoms with E-state index in [1.54, 1.807) is 7.05 Å². The molecule has 0 spiro atoms. The summed E-state index contributed by atoms with van der Waals surface area (Å²) in [6.07, 6.45) is 0.380. The van der Waals surface area contributed by atoms with Gasteiger partial charge in [-0.25, -0.2) is 4.79 Å². The minimum atomic E-state index is -1.06. The van der Waals surface area contributed by atoms with Gasteiger partial charge in [0.05, 0.1) is 6.42 Å². The second-order valence-electron chi connectivity index (χ2n) is 4.84. The highest BCUT2D eigenvalue weighted by molar-refractivity contribution is 5.95. The lowest BCUT2D eigenvalue weighted by molar-refractivity contribution is -0.138. The van der Waals surface area contributed by atoms with E-state index in [-0.39, 0.29) is 18.9 Å². The highest BCUT2D eigenvalue weighted by Gasteiger charge is 2.18. The van der Waals surface area contributed by atoms with Gasteiger partial charge in [0.1, 0.15) is 0 Å². The fraction of sp³-hybridized carbons (Fsp3) is 0.750. The normalized spacial score (nSPS) is 12.1. The summed E-state index contributed by atoms with van der Waals surface area (Å²) in [6, 6.07) is -0.462. The van der Waals surface area contributed by atoms with E-state index in [1.165, 1.54) is 4.90 Å². The molecule has 1 atom stereocenters. The molecule has 0 aromatic rings. The van der Waals surface area contributed by atoms with Crippen LogP contribution in [0.3, 0.4) is 0 Å². The molecule has 0 aliphatic heterocycles. The number of hydrogen-bond donors (Lipinski definition) is 2. The van der Waals surface area contributed by atoms with Crippen molar-refractivity contribution in [2.24, 2.45) is 5.92 Å². The molecule has 0 aliphatic rings. The predicted octanol–water partition coefficient (Wildman–Crippen LogP) is 1.45. The third-order valence-corrected chi connectivity index (χ3v) is 2.61. The quantitative estimate of drug-likeness (QED) is 0.755. The molecule has 0 aromatic carbocycles. The second kappa shape index (κ2) is 7.68. The van der Waals surface area contributed by atoms with Crippen molar-refractivity contribution in [1.82, 2.24) is 10.2 Å². The van der Waals surface area contributed by atoms with Gasteiger partial charge in [-0.3, -0.25) is 14.9 Å². The largest absolute Gasteiger partial charge is 0.481 e. The summed E-state index contributed by atoms with van der Waals surface area (Å²) in [5.41, 5.74) is 0. The summed E-state index contributed by atoms with van der Waals surface area (Å²) in [4.78, 5) is 34.7. The Hall–Kier alpha value is -1.59. The zero-order chi connectivity index (χ0) is 14.3. The lowest BCUT2D eigenvalue weighted by atomic mass is 10.0. The van der Waals surface area contributed by atoms with Crippen molar-refractivity contribution in [3.63, 3.8) is 0 Å². The third kappa shape index (κ3) is 6.88. The van der Waals surface area contributed by atoms with Crippen molar-refractivity contribution in [3.8, 4) is 0 Å². The van der Waals surface area contributed by atoms with Gasteiger partial charge in [-0.05, 0) is 19.3 Å². The Kier molecular flexibility index (Phi) is 7.00. The molecule has 0 saturated carbocycles. The second-order valence-corrected chi connectivity index (χ2v) is 4.84. The maximum Gasteiger partial charge on any atom is 0.324 e. The first kappa shape index (κ1) is 16.4. The van der Waals surface area contributed by atoms with Gasteiger partial charge in [0.15, 0.2) is 0 Å². The summed E-state index contributed by atoms with van der Waals surface area (Å²) in [5.74, 6) is -1.16. The van der Waals surface area contributed by atoms with Gasteiger partial charge in [-0.1, -0.05) is 13.8 Å². The van der Waals surface area contributed by atoms with Gasteiger partial charge >= 0.3 is 12.0 Å². The van der Waals surface area contributed by atoms with Crippen LogP contribution in [0.4, 0.5) is 4.79 Å². The van der Waals surface area contributed by atoms with Crippen LogP contribution in [0.2, 0.25) is 0 Å². The van der Waals surface area contributed by atoms with Crippen molar-refractivity contribution >= 4 is 17.9 Å². The van der Waals surface area contributed by atoms with Gasteiger partial charge < -0.3 is 10.0 Å². The first-order valence-corrected chi connectivity index (χ1v) is 6.02. The Labute approximate surface area is 107 Å². The molecular weight excluding hydrogens is 236 g/mol. The van der Waals surface area contributed by atoms with E-state index in [4.69, 9.17) is 5.11 Å². The number of imide groups is 1. The van der Waals surface area contributed by atoms with E-state index in [2.05, 4.69) is 19.2 Å². The summed E-state index contributed by atoms with van der Waals surface area (Å²) in [6.45, 7) is 6.02. The molecule has 6 nitrogen and oxygen atoms in total. The van der Waals surface area contributed by atoms with Crippen LogP contribution >= 0.6 is 0 Å². The number of carboxylic acid groups (broad SMARTS) is 1. The zero-order valence-electron chi connectivity index (χ0n) is 11.4. The number of amides is 3. The number of urea groups is 1. The zero-order valence-corrected chi connectivity index (χ0v) is 11.4.